The number of piperazine rings is 1. The third-order valence-corrected chi connectivity index (χ3v) is 8.28. The molecule has 1 heterocycles. The van der Waals surface area contributed by atoms with Gasteiger partial charge in [0.1, 0.15) is 0 Å². The molecule has 7 heteroatoms. The molecule has 30 heavy (non-hydrogen) atoms. The minimum Gasteiger partial charge on any atom is -0.339 e. The van der Waals surface area contributed by atoms with Crippen LogP contribution in [0.2, 0.25) is 0 Å². The molecule has 2 fully saturated rings. The van der Waals surface area contributed by atoms with Crippen LogP contribution in [-0.4, -0.2) is 62.8 Å². The summed E-state index contributed by atoms with van der Waals surface area (Å²) in [5.74, 6) is 0.754. The number of carbonyl (C=O) groups is 1. The summed E-state index contributed by atoms with van der Waals surface area (Å²) in [6.45, 7) is 2.80. The molecule has 0 unspecified atom stereocenters. The summed E-state index contributed by atoms with van der Waals surface area (Å²) in [4.78, 5) is 14.6. The first-order valence-corrected chi connectivity index (χ1v) is 12.5. The number of hydrogen-bond donors (Lipinski definition) is 1. The standard InChI is InChI=1S/C23H31N3O3S/c27-23(18-24-17-19-6-2-1-3-7-19)25-12-14-26(15-13-25)30(28,29)22-11-10-20-8-4-5-9-21(20)16-22/h4-5,8-11,16,19,24H,1-3,6-7,12-15,17-18H2. The molecule has 2 aromatic carbocycles. The summed E-state index contributed by atoms with van der Waals surface area (Å²) < 4.78 is 27.6. The van der Waals surface area contributed by atoms with Crippen LogP contribution in [0.1, 0.15) is 32.1 Å². The summed E-state index contributed by atoms with van der Waals surface area (Å²) in [6.07, 6.45) is 6.45. The fraction of sp³-hybridized carbons (Fsp3) is 0.522. The van der Waals surface area contributed by atoms with Gasteiger partial charge in [-0.3, -0.25) is 4.79 Å². The average molecular weight is 430 g/mol. The topological polar surface area (TPSA) is 69.7 Å². The van der Waals surface area contributed by atoms with Crippen LogP contribution >= 0.6 is 0 Å². The quantitative estimate of drug-likeness (QED) is 0.767. The van der Waals surface area contributed by atoms with Crippen molar-refractivity contribution in [2.75, 3.05) is 39.3 Å². The Labute approximate surface area is 179 Å². The van der Waals surface area contributed by atoms with Gasteiger partial charge in [-0.25, -0.2) is 8.42 Å². The molecule has 1 aliphatic carbocycles. The van der Waals surface area contributed by atoms with E-state index in [9.17, 15) is 13.2 Å². The maximum absolute atomic E-state index is 13.1. The highest BCUT2D eigenvalue weighted by atomic mass is 32.2. The van der Waals surface area contributed by atoms with Crippen molar-refractivity contribution in [3.8, 4) is 0 Å². The zero-order valence-electron chi connectivity index (χ0n) is 17.4. The lowest BCUT2D eigenvalue weighted by Gasteiger charge is -2.34. The van der Waals surface area contributed by atoms with E-state index in [1.807, 2.05) is 30.3 Å². The van der Waals surface area contributed by atoms with E-state index in [1.165, 1.54) is 36.4 Å². The Hall–Kier alpha value is -1.96. The number of sulfonamides is 1. The molecule has 1 amide bonds. The fourth-order valence-electron chi connectivity index (χ4n) is 4.54. The van der Waals surface area contributed by atoms with Gasteiger partial charge in [-0.05, 0) is 48.2 Å². The first kappa shape index (κ1) is 21.3. The van der Waals surface area contributed by atoms with Gasteiger partial charge in [0.25, 0.3) is 0 Å². The maximum atomic E-state index is 13.1. The molecule has 0 spiro atoms. The molecule has 1 aliphatic heterocycles. The lowest BCUT2D eigenvalue weighted by atomic mass is 9.89. The van der Waals surface area contributed by atoms with Crippen molar-refractivity contribution < 1.29 is 13.2 Å². The van der Waals surface area contributed by atoms with Crippen molar-refractivity contribution in [1.82, 2.24) is 14.5 Å². The normalized spacial score (nSPS) is 19.3. The number of benzene rings is 2. The van der Waals surface area contributed by atoms with E-state index in [1.54, 1.807) is 17.0 Å². The van der Waals surface area contributed by atoms with Crippen molar-refractivity contribution in [2.24, 2.45) is 5.92 Å². The second kappa shape index (κ2) is 9.45. The van der Waals surface area contributed by atoms with Crippen LogP contribution in [0, 0.1) is 5.92 Å². The average Bonchev–Trinajstić information content (AvgIpc) is 2.79. The predicted octanol–water partition coefficient (Wildman–Crippen LogP) is 2.84. The molecule has 1 saturated carbocycles. The summed E-state index contributed by atoms with van der Waals surface area (Å²) in [7, 11) is -3.55. The number of fused-ring (bicyclic) bond motifs is 1. The van der Waals surface area contributed by atoms with Crippen LogP contribution in [0.3, 0.4) is 0 Å². The molecule has 1 N–H and O–H groups in total. The molecular weight excluding hydrogens is 398 g/mol. The van der Waals surface area contributed by atoms with Gasteiger partial charge in [0, 0.05) is 26.2 Å². The molecule has 0 atom stereocenters. The van der Waals surface area contributed by atoms with E-state index in [0.717, 1.165) is 17.3 Å². The molecule has 4 rings (SSSR count). The Balaban J connectivity index is 1.30. The van der Waals surface area contributed by atoms with E-state index >= 15 is 0 Å². The number of rotatable bonds is 6. The Morgan fingerprint density at radius 3 is 2.37 bits per heavy atom. The molecule has 1 saturated heterocycles. The van der Waals surface area contributed by atoms with Crippen molar-refractivity contribution in [1.29, 1.82) is 0 Å². The van der Waals surface area contributed by atoms with Crippen LogP contribution in [0.15, 0.2) is 47.4 Å². The van der Waals surface area contributed by atoms with Gasteiger partial charge in [-0.2, -0.15) is 4.31 Å². The van der Waals surface area contributed by atoms with Gasteiger partial charge in [0.05, 0.1) is 11.4 Å². The number of carbonyl (C=O) groups excluding carboxylic acids is 1. The summed E-state index contributed by atoms with van der Waals surface area (Å²) in [6, 6.07) is 13.0. The Morgan fingerprint density at radius 2 is 1.63 bits per heavy atom. The molecule has 162 valence electrons. The van der Waals surface area contributed by atoms with Crippen molar-refractivity contribution >= 4 is 26.7 Å². The van der Waals surface area contributed by atoms with Gasteiger partial charge in [-0.1, -0.05) is 49.6 Å². The first-order valence-electron chi connectivity index (χ1n) is 11.0. The van der Waals surface area contributed by atoms with Gasteiger partial charge in [-0.15, -0.1) is 0 Å². The summed E-state index contributed by atoms with van der Waals surface area (Å²) >= 11 is 0. The first-order chi connectivity index (χ1) is 14.5. The van der Waals surface area contributed by atoms with Crippen LogP contribution < -0.4 is 5.32 Å². The van der Waals surface area contributed by atoms with Gasteiger partial charge < -0.3 is 10.2 Å². The highest BCUT2D eigenvalue weighted by molar-refractivity contribution is 7.89. The minimum atomic E-state index is -3.55. The van der Waals surface area contributed by atoms with Crippen molar-refractivity contribution in [3.63, 3.8) is 0 Å². The highest BCUT2D eigenvalue weighted by Crippen LogP contribution is 2.24. The number of hydrogen-bond acceptors (Lipinski definition) is 4. The molecule has 2 aromatic rings. The Kier molecular flexibility index (Phi) is 6.71. The third kappa shape index (κ3) is 4.85. The lowest BCUT2D eigenvalue weighted by Crippen LogP contribution is -2.52. The van der Waals surface area contributed by atoms with Crippen molar-refractivity contribution in [3.05, 3.63) is 42.5 Å². The minimum absolute atomic E-state index is 0.0635. The van der Waals surface area contributed by atoms with Gasteiger partial charge >= 0.3 is 0 Å². The molecule has 2 aliphatic rings. The van der Waals surface area contributed by atoms with Crippen LogP contribution in [-0.2, 0) is 14.8 Å². The maximum Gasteiger partial charge on any atom is 0.243 e. The van der Waals surface area contributed by atoms with E-state index in [2.05, 4.69) is 5.32 Å². The van der Waals surface area contributed by atoms with Gasteiger partial charge in [0.2, 0.25) is 15.9 Å². The van der Waals surface area contributed by atoms with Gasteiger partial charge in [0.15, 0.2) is 0 Å². The van der Waals surface area contributed by atoms with E-state index in [4.69, 9.17) is 0 Å². The zero-order valence-corrected chi connectivity index (χ0v) is 18.2. The number of nitrogens with zero attached hydrogens (tertiary/aromatic N) is 2. The monoisotopic (exact) mass is 429 g/mol. The summed E-state index contributed by atoms with van der Waals surface area (Å²) in [5, 5.41) is 5.25. The second-order valence-electron chi connectivity index (χ2n) is 8.43. The third-order valence-electron chi connectivity index (χ3n) is 6.38. The second-order valence-corrected chi connectivity index (χ2v) is 10.4. The predicted molar refractivity (Wildman–Crippen MR) is 119 cm³/mol. The molecular formula is C23H31N3O3S. The van der Waals surface area contributed by atoms with E-state index < -0.39 is 10.0 Å². The largest absolute Gasteiger partial charge is 0.339 e. The number of nitrogens with one attached hydrogen (secondary N) is 1. The molecule has 0 radical (unpaired) electrons. The Bertz CT molecular complexity index is 978. The van der Waals surface area contributed by atoms with Crippen molar-refractivity contribution in [2.45, 2.75) is 37.0 Å². The molecule has 6 nitrogen and oxygen atoms in total. The zero-order chi connectivity index (χ0) is 21.0. The number of amides is 1. The molecule has 0 aromatic heterocycles. The SMILES string of the molecule is O=C(CNCC1CCCCC1)N1CCN(S(=O)(=O)c2ccc3ccccc3c2)CC1. The lowest BCUT2D eigenvalue weighted by molar-refractivity contribution is -0.131. The Morgan fingerprint density at radius 1 is 0.933 bits per heavy atom. The van der Waals surface area contributed by atoms with E-state index in [0.29, 0.717) is 43.5 Å². The molecule has 0 bridgehead atoms. The van der Waals surface area contributed by atoms with Crippen LogP contribution in [0.4, 0.5) is 0 Å². The summed E-state index contributed by atoms with van der Waals surface area (Å²) in [5.41, 5.74) is 0. The van der Waals surface area contributed by atoms with E-state index in [-0.39, 0.29) is 5.91 Å². The highest BCUT2D eigenvalue weighted by Gasteiger charge is 2.30. The fourth-order valence-corrected chi connectivity index (χ4v) is 6.00. The van der Waals surface area contributed by atoms with Crippen LogP contribution in [0.5, 0.6) is 0 Å². The van der Waals surface area contributed by atoms with Crippen LogP contribution in [0.25, 0.3) is 10.8 Å². The smallest absolute Gasteiger partial charge is 0.243 e.